The first-order valence-electron chi connectivity index (χ1n) is 3.43. The number of thiophene rings is 1. The third kappa shape index (κ3) is 4.11. The summed E-state index contributed by atoms with van der Waals surface area (Å²) >= 11 is 7.14. The molecule has 2 heterocycles. The number of aromatic nitrogens is 1. The highest BCUT2D eigenvalue weighted by Crippen LogP contribution is 1.98. The third-order valence-corrected chi connectivity index (χ3v) is 1.91. The molecular weight excluding hydrogens is 190 g/mol. The number of pyridine rings is 1. The summed E-state index contributed by atoms with van der Waals surface area (Å²) in [6.07, 6.45) is 1.66. The molecule has 0 aromatic carbocycles. The van der Waals surface area contributed by atoms with E-state index in [1.165, 1.54) is 0 Å². The fourth-order valence-electron chi connectivity index (χ4n) is 0.569. The van der Waals surface area contributed by atoms with Crippen LogP contribution in [-0.2, 0) is 0 Å². The third-order valence-electron chi connectivity index (χ3n) is 1.05. The first-order valence-corrected chi connectivity index (χ1v) is 4.75. The molecule has 0 aliphatic carbocycles. The lowest BCUT2D eigenvalue weighted by Gasteiger charge is -1.79. The van der Waals surface area contributed by atoms with Gasteiger partial charge >= 0.3 is 0 Å². The van der Waals surface area contributed by atoms with Gasteiger partial charge in [-0.15, -0.1) is 0 Å². The number of nitrogens with zero attached hydrogens (tertiary/aromatic N) is 1. The van der Waals surface area contributed by atoms with Crippen LogP contribution < -0.4 is 0 Å². The van der Waals surface area contributed by atoms with Crippen LogP contribution in [0.3, 0.4) is 0 Å². The second kappa shape index (κ2) is 5.75. The highest BCUT2D eigenvalue weighted by Gasteiger charge is 1.76. The van der Waals surface area contributed by atoms with E-state index < -0.39 is 0 Å². The second-order valence-corrected chi connectivity index (χ2v) is 3.15. The second-order valence-electron chi connectivity index (χ2n) is 1.95. The van der Waals surface area contributed by atoms with E-state index in [1.807, 2.05) is 35.0 Å². The molecule has 2 aromatic heterocycles. The molecule has 3 heteroatoms. The van der Waals surface area contributed by atoms with Crippen LogP contribution in [0.15, 0.2) is 47.3 Å². The van der Waals surface area contributed by atoms with E-state index in [2.05, 4.69) is 4.98 Å². The Hall–Kier alpha value is -0.860. The van der Waals surface area contributed by atoms with Crippen molar-refractivity contribution in [1.82, 2.24) is 4.98 Å². The summed E-state index contributed by atoms with van der Waals surface area (Å²) in [7, 11) is 0. The Morgan fingerprint density at radius 3 is 2.08 bits per heavy atom. The number of rotatable bonds is 0. The number of hydrogen-bond acceptors (Lipinski definition) is 2. The van der Waals surface area contributed by atoms with Crippen molar-refractivity contribution in [2.24, 2.45) is 0 Å². The van der Waals surface area contributed by atoms with Crippen molar-refractivity contribution in [3.63, 3.8) is 0 Å². The molecule has 0 N–H and O–H groups in total. The number of hydrogen-bond donors (Lipinski definition) is 0. The summed E-state index contributed by atoms with van der Waals surface area (Å²) in [6.45, 7) is 0. The molecule has 0 saturated carbocycles. The molecule has 2 rings (SSSR count). The van der Waals surface area contributed by atoms with Crippen molar-refractivity contribution < 1.29 is 0 Å². The van der Waals surface area contributed by atoms with Crippen LogP contribution in [0, 0.1) is 0 Å². The lowest BCUT2D eigenvalue weighted by molar-refractivity contribution is 1.33. The van der Waals surface area contributed by atoms with Crippen molar-refractivity contribution in [2.45, 2.75) is 0 Å². The van der Waals surface area contributed by atoms with E-state index >= 15 is 0 Å². The summed E-state index contributed by atoms with van der Waals surface area (Å²) in [6, 6.07) is 9.44. The Balaban J connectivity index is 0.000000127. The molecule has 1 nitrogen and oxygen atoms in total. The summed E-state index contributed by atoms with van der Waals surface area (Å²) in [5.41, 5.74) is 0. The van der Waals surface area contributed by atoms with Gasteiger partial charge in [0, 0.05) is 6.20 Å². The van der Waals surface area contributed by atoms with E-state index in [-0.39, 0.29) is 0 Å². The van der Waals surface area contributed by atoms with Crippen LogP contribution in [0.2, 0.25) is 5.15 Å². The molecule has 12 heavy (non-hydrogen) atoms. The van der Waals surface area contributed by atoms with Gasteiger partial charge in [-0.2, -0.15) is 11.3 Å². The molecule has 0 radical (unpaired) electrons. The zero-order chi connectivity index (χ0) is 8.65. The molecule has 0 saturated heterocycles. The molecule has 0 amide bonds. The van der Waals surface area contributed by atoms with Crippen LogP contribution in [0.4, 0.5) is 0 Å². The van der Waals surface area contributed by atoms with Gasteiger partial charge in [0.05, 0.1) is 0 Å². The van der Waals surface area contributed by atoms with E-state index in [0.717, 1.165) is 0 Å². The molecule has 0 aliphatic heterocycles. The summed E-state index contributed by atoms with van der Waals surface area (Å²) < 4.78 is 0. The lowest BCUT2D eigenvalue weighted by Crippen LogP contribution is -1.65. The van der Waals surface area contributed by atoms with Gasteiger partial charge in [-0.05, 0) is 22.9 Å². The van der Waals surface area contributed by atoms with Crippen LogP contribution in [0.25, 0.3) is 0 Å². The average Bonchev–Trinajstić information content (AvgIpc) is 2.62. The molecular formula is C9H8ClNS. The van der Waals surface area contributed by atoms with Gasteiger partial charge in [-0.3, -0.25) is 0 Å². The lowest BCUT2D eigenvalue weighted by atomic mass is 10.5. The Labute approximate surface area is 80.7 Å². The molecule has 0 aliphatic rings. The Kier molecular flexibility index (Phi) is 4.42. The van der Waals surface area contributed by atoms with Crippen LogP contribution in [-0.4, -0.2) is 4.98 Å². The Bertz CT molecular complexity index is 263. The summed E-state index contributed by atoms with van der Waals surface area (Å²) in [5.74, 6) is 0. The van der Waals surface area contributed by atoms with Crippen molar-refractivity contribution in [2.75, 3.05) is 0 Å². The van der Waals surface area contributed by atoms with Gasteiger partial charge in [-0.25, -0.2) is 4.98 Å². The molecule has 0 bridgehead atoms. The van der Waals surface area contributed by atoms with E-state index in [4.69, 9.17) is 11.6 Å². The molecule has 0 unspecified atom stereocenters. The van der Waals surface area contributed by atoms with E-state index in [0.29, 0.717) is 5.15 Å². The highest BCUT2D eigenvalue weighted by atomic mass is 35.5. The molecule has 62 valence electrons. The van der Waals surface area contributed by atoms with Crippen molar-refractivity contribution in [1.29, 1.82) is 0 Å². The van der Waals surface area contributed by atoms with E-state index in [1.54, 1.807) is 23.6 Å². The smallest absolute Gasteiger partial charge is 0.129 e. The fourth-order valence-corrected chi connectivity index (χ4v) is 1.15. The Morgan fingerprint density at radius 2 is 1.83 bits per heavy atom. The first kappa shape index (κ1) is 9.23. The zero-order valence-electron chi connectivity index (χ0n) is 6.35. The topological polar surface area (TPSA) is 12.9 Å². The van der Waals surface area contributed by atoms with Crippen molar-refractivity contribution in [3.8, 4) is 0 Å². The normalized spacial score (nSPS) is 8.42. The minimum atomic E-state index is 0.544. The minimum Gasteiger partial charge on any atom is -0.245 e. The summed E-state index contributed by atoms with van der Waals surface area (Å²) in [5, 5.41) is 4.63. The van der Waals surface area contributed by atoms with Crippen LogP contribution in [0.5, 0.6) is 0 Å². The molecule has 2 aromatic rings. The van der Waals surface area contributed by atoms with Gasteiger partial charge in [-0.1, -0.05) is 29.8 Å². The SMILES string of the molecule is Clc1ccccn1.c1ccsc1. The molecule has 0 fully saturated rings. The average molecular weight is 198 g/mol. The first-order chi connectivity index (χ1) is 5.89. The van der Waals surface area contributed by atoms with Crippen LogP contribution >= 0.6 is 22.9 Å². The van der Waals surface area contributed by atoms with Gasteiger partial charge in [0.1, 0.15) is 5.15 Å². The minimum absolute atomic E-state index is 0.544. The largest absolute Gasteiger partial charge is 0.245 e. The van der Waals surface area contributed by atoms with Crippen LogP contribution in [0.1, 0.15) is 0 Å². The van der Waals surface area contributed by atoms with Crippen molar-refractivity contribution in [3.05, 3.63) is 52.4 Å². The quantitative estimate of drug-likeness (QED) is 0.590. The Morgan fingerprint density at radius 1 is 1.08 bits per heavy atom. The number of halogens is 1. The maximum atomic E-state index is 5.43. The maximum absolute atomic E-state index is 5.43. The maximum Gasteiger partial charge on any atom is 0.129 e. The van der Waals surface area contributed by atoms with E-state index in [9.17, 15) is 0 Å². The predicted octanol–water partition coefficient (Wildman–Crippen LogP) is 3.48. The predicted molar refractivity (Wildman–Crippen MR) is 53.6 cm³/mol. The van der Waals surface area contributed by atoms with Gasteiger partial charge in [0.25, 0.3) is 0 Å². The fraction of sp³-hybridized carbons (Fsp3) is 0. The monoisotopic (exact) mass is 197 g/mol. The van der Waals surface area contributed by atoms with Gasteiger partial charge < -0.3 is 0 Å². The standard InChI is InChI=1S/C5H4ClN.C4H4S/c6-5-3-1-2-4-7-5;1-2-4-5-3-1/h1-4H;1-4H. The molecule has 0 atom stereocenters. The highest BCUT2D eigenvalue weighted by molar-refractivity contribution is 7.07. The zero-order valence-corrected chi connectivity index (χ0v) is 7.92. The van der Waals surface area contributed by atoms with Crippen molar-refractivity contribution >= 4 is 22.9 Å². The summed E-state index contributed by atoms with van der Waals surface area (Å²) in [4.78, 5) is 3.74. The van der Waals surface area contributed by atoms with Gasteiger partial charge in [0.2, 0.25) is 0 Å². The van der Waals surface area contributed by atoms with Gasteiger partial charge in [0.15, 0.2) is 0 Å². The molecule has 0 spiro atoms.